The van der Waals surface area contributed by atoms with Crippen molar-refractivity contribution in [3.05, 3.63) is 40.6 Å². The fourth-order valence-electron chi connectivity index (χ4n) is 0.991. The molecular weight excluding hydrogens is 226 g/mol. The van der Waals surface area contributed by atoms with Gasteiger partial charge in [-0.15, -0.1) is 0 Å². The smallest absolute Gasteiger partial charge is 0.251 e. The highest BCUT2D eigenvalue weighted by Crippen LogP contribution is 2.18. The Morgan fingerprint density at radius 3 is 2.69 bits per heavy atom. The topological polar surface area (TPSA) is 97.5 Å². The largest absolute Gasteiger partial charge is 0.326 e. The van der Waals surface area contributed by atoms with Crippen LogP contribution in [0.2, 0.25) is 0 Å². The molecule has 7 heteroatoms. The van der Waals surface area contributed by atoms with E-state index in [1.54, 1.807) is 12.4 Å². The molecule has 0 aliphatic rings. The van der Waals surface area contributed by atoms with Gasteiger partial charge in [-0.25, -0.2) is 15.0 Å². The summed E-state index contributed by atoms with van der Waals surface area (Å²) >= 11 is 1.19. The van der Waals surface area contributed by atoms with Gasteiger partial charge in [0, 0.05) is 36.8 Å². The standard InChI is InChI=1S/C9H9N5OS/c10-3-6-4-12-8(13-5-6)16-9-11-2-1-7(15)14-9/h1-2,4-5H,3,10H2,(H,11,14,15). The lowest BCUT2D eigenvalue weighted by Crippen LogP contribution is -2.05. The number of nitrogens with zero attached hydrogens (tertiary/aromatic N) is 3. The van der Waals surface area contributed by atoms with E-state index in [4.69, 9.17) is 5.73 Å². The lowest BCUT2D eigenvalue weighted by Gasteiger charge is -1.99. The van der Waals surface area contributed by atoms with Crippen LogP contribution in [0.5, 0.6) is 0 Å². The second-order valence-electron chi connectivity index (χ2n) is 2.92. The summed E-state index contributed by atoms with van der Waals surface area (Å²) in [7, 11) is 0. The minimum absolute atomic E-state index is 0.198. The van der Waals surface area contributed by atoms with Crippen molar-refractivity contribution in [3.63, 3.8) is 0 Å². The molecule has 0 fully saturated rings. The van der Waals surface area contributed by atoms with Crippen molar-refractivity contribution in [2.75, 3.05) is 0 Å². The van der Waals surface area contributed by atoms with Crippen LogP contribution in [0.15, 0.2) is 39.8 Å². The minimum atomic E-state index is -0.198. The molecule has 0 saturated heterocycles. The summed E-state index contributed by atoms with van der Waals surface area (Å²) in [5, 5.41) is 0.986. The normalized spacial score (nSPS) is 10.3. The number of hydrogen-bond acceptors (Lipinski definition) is 6. The van der Waals surface area contributed by atoms with Gasteiger partial charge >= 0.3 is 0 Å². The lowest BCUT2D eigenvalue weighted by molar-refractivity contribution is 0.890. The van der Waals surface area contributed by atoms with Gasteiger partial charge < -0.3 is 10.7 Å². The Kier molecular flexibility index (Phi) is 3.28. The van der Waals surface area contributed by atoms with Gasteiger partial charge in [-0.2, -0.15) is 0 Å². The Bertz CT molecular complexity index is 524. The van der Waals surface area contributed by atoms with Gasteiger partial charge in [-0.1, -0.05) is 0 Å². The zero-order valence-corrected chi connectivity index (χ0v) is 9.07. The molecule has 0 aliphatic heterocycles. The van der Waals surface area contributed by atoms with Gasteiger partial charge in [-0.3, -0.25) is 4.79 Å². The molecule has 0 saturated carbocycles. The maximum Gasteiger partial charge on any atom is 0.251 e. The first kappa shape index (κ1) is 10.8. The third-order valence-electron chi connectivity index (χ3n) is 1.75. The van der Waals surface area contributed by atoms with Crippen molar-refractivity contribution >= 4 is 11.8 Å². The van der Waals surface area contributed by atoms with Gasteiger partial charge in [-0.05, 0) is 11.8 Å². The first-order valence-electron chi connectivity index (χ1n) is 4.52. The Balaban J connectivity index is 2.17. The molecule has 16 heavy (non-hydrogen) atoms. The number of aromatic nitrogens is 4. The molecule has 0 radical (unpaired) electrons. The van der Waals surface area contributed by atoms with E-state index in [2.05, 4.69) is 19.9 Å². The summed E-state index contributed by atoms with van der Waals surface area (Å²) < 4.78 is 0. The molecule has 0 spiro atoms. The SMILES string of the molecule is NCc1cnc(Sc2nccc(=O)[nH]2)nc1. The third-order valence-corrected chi connectivity index (χ3v) is 2.55. The van der Waals surface area contributed by atoms with E-state index in [0.29, 0.717) is 16.9 Å². The molecule has 0 bridgehead atoms. The van der Waals surface area contributed by atoms with E-state index in [-0.39, 0.29) is 5.56 Å². The Hall–Kier alpha value is -1.73. The van der Waals surface area contributed by atoms with Crippen molar-refractivity contribution < 1.29 is 0 Å². The number of aromatic amines is 1. The van der Waals surface area contributed by atoms with Crippen molar-refractivity contribution in [2.24, 2.45) is 5.73 Å². The lowest BCUT2D eigenvalue weighted by atomic mass is 10.4. The van der Waals surface area contributed by atoms with Crippen molar-refractivity contribution in [1.29, 1.82) is 0 Å². The van der Waals surface area contributed by atoms with Crippen molar-refractivity contribution in [2.45, 2.75) is 16.9 Å². The van der Waals surface area contributed by atoms with Gasteiger partial charge in [0.15, 0.2) is 10.3 Å². The highest BCUT2D eigenvalue weighted by atomic mass is 32.2. The van der Waals surface area contributed by atoms with E-state index < -0.39 is 0 Å². The second kappa shape index (κ2) is 4.86. The van der Waals surface area contributed by atoms with Crippen LogP contribution in [0, 0.1) is 0 Å². The molecule has 2 aromatic rings. The summed E-state index contributed by atoms with van der Waals surface area (Å²) in [6, 6.07) is 1.35. The number of rotatable bonds is 3. The number of nitrogens with one attached hydrogen (secondary N) is 1. The summed E-state index contributed by atoms with van der Waals surface area (Å²) in [5.41, 5.74) is 6.09. The third kappa shape index (κ3) is 2.65. The molecule has 6 nitrogen and oxygen atoms in total. The monoisotopic (exact) mass is 235 g/mol. The van der Waals surface area contributed by atoms with Gasteiger partial charge in [0.25, 0.3) is 5.56 Å². The average Bonchev–Trinajstić information content (AvgIpc) is 2.30. The van der Waals surface area contributed by atoms with E-state index in [9.17, 15) is 4.79 Å². The summed E-state index contributed by atoms with van der Waals surface area (Å²) in [6.45, 7) is 0.408. The number of nitrogens with two attached hydrogens (primary N) is 1. The zero-order valence-electron chi connectivity index (χ0n) is 8.25. The Morgan fingerprint density at radius 1 is 1.31 bits per heavy atom. The number of H-pyrrole nitrogens is 1. The minimum Gasteiger partial charge on any atom is -0.326 e. The molecular formula is C9H9N5OS. The predicted molar refractivity (Wildman–Crippen MR) is 58.9 cm³/mol. The van der Waals surface area contributed by atoms with E-state index in [0.717, 1.165) is 5.56 Å². The van der Waals surface area contributed by atoms with Crippen LogP contribution in [0.25, 0.3) is 0 Å². The van der Waals surface area contributed by atoms with Crippen molar-refractivity contribution in [3.8, 4) is 0 Å². The van der Waals surface area contributed by atoms with Crippen LogP contribution < -0.4 is 11.3 Å². The van der Waals surface area contributed by atoms with Crippen LogP contribution in [-0.4, -0.2) is 19.9 Å². The molecule has 0 aromatic carbocycles. The molecule has 2 aromatic heterocycles. The van der Waals surface area contributed by atoms with Crippen LogP contribution in [0.1, 0.15) is 5.56 Å². The highest BCUT2D eigenvalue weighted by Gasteiger charge is 2.02. The molecule has 82 valence electrons. The molecule has 0 aliphatic carbocycles. The van der Waals surface area contributed by atoms with Gasteiger partial charge in [0.05, 0.1) is 0 Å². The summed E-state index contributed by atoms with van der Waals surface area (Å²) in [5.74, 6) is 0. The Labute approximate surface area is 95.4 Å². The average molecular weight is 235 g/mol. The fourth-order valence-corrected chi connectivity index (χ4v) is 1.64. The van der Waals surface area contributed by atoms with Crippen LogP contribution in [-0.2, 0) is 6.54 Å². The van der Waals surface area contributed by atoms with Crippen molar-refractivity contribution in [1.82, 2.24) is 19.9 Å². The van der Waals surface area contributed by atoms with Gasteiger partial charge in [0.1, 0.15) is 0 Å². The second-order valence-corrected chi connectivity index (χ2v) is 3.88. The maximum atomic E-state index is 11.0. The van der Waals surface area contributed by atoms with Gasteiger partial charge in [0.2, 0.25) is 0 Å². The van der Waals surface area contributed by atoms with E-state index >= 15 is 0 Å². The molecule has 2 rings (SSSR count). The predicted octanol–water partition coefficient (Wildman–Crippen LogP) is 0.170. The summed E-state index contributed by atoms with van der Waals surface area (Å²) in [4.78, 5) is 25.7. The molecule has 0 amide bonds. The quantitative estimate of drug-likeness (QED) is 0.736. The molecule has 0 unspecified atom stereocenters. The number of hydrogen-bond donors (Lipinski definition) is 2. The Morgan fingerprint density at radius 2 is 2.06 bits per heavy atom. The zero-order chi connectivity index (χ0) is 11.4. The van der Waals surface area contributed by atoms with Crippen LogP contribution in [0.4, 0.5) is 0 Å². The molecule has 3 N–H and O–H groups in total. The summed E-state index contributed by atoms with van der Waals surface area (Å²) in [6.07, 6.45) is 4.74. The van der Waals surface area contributed by atoms with Crippen LogP contribution in [0.3, 0.4) is 0 Å². The maximum absolute atomic E-state index is 11.0. The molecule has 2 heterocycles. The first-order valence-corrected chi connectivity index (χ1v) is 5.34. The van der Waals surface area contributed by atoms with E-state index in [1.807, 2.05) is 0 Å². The highest BCUT2D eigenvalue weighted by molar-refractivity contribution is 7.99. The van der Waals surface area contributed by atoms with Crippen LogP contribution >= 0.6 is 11.8 Å². The van der Waals surface area contributed by atoms with E-state index in [1.165, 1.54) is 24.0 Å². The fraction of sp³-hybridized carbons (Fsp3) is 0.111. The first-order chi connectivity index (χ1) is 7.78. The molecule has 0 atom stereocenters.